The number of nitrogen functional groups attached to an aromatic ring is 1. The molecular weight excluding hydrogens is 269 g/mol. The van der Waals surface area contributed by atoms with Crippen LogP contribution in [0.2, 0.25) is 0 Å². The van der Waals surface area contributed by atoms with Gasteiger partial charge in [-0.3, -0.25) is 9.69 Å². The lowest BCUT2D eigenvalue weighted by Gasteiger charge is -2.41. The lowest BCUT2D eigenvalue weighted by Crippen LogP contribution is -2.51. The Kier molecular flexibility index (Phi) is 4.83. The van der Waals surface area contributed by atoms with Crippen LogP contribution in [0.25, 0.3) is 0 Å². The van der Waals surface area contributed by atoms with Crippen molar-refractivity contribution in [2.45, 2.75) is 45.7 Å². The number of carbonyl (C=O) groups excluding carboxylic acids is 1. The summed E-state index contributed by atoms with van der Waals surface area (Å²) in [6.45, 7) is 7.24. The van der Waals surface area contributed by atoms with Gasteiger partial charge in [0.05, 0.1) is 11.7 Å². The first-order valence-corrected chi connectivity index (χ1v) is 7.51. The van der Waals surface area contributed by atoms with E-state index in [-0.39, 0.29) is 17.6 Å². The molecule has 1 saturated heterocycles. The molecule has 0 radical (unpaired) electrons. The number of nitrogens with one attached hydrogen (secondary N) is 1. The van der Waals surface area contributed by atoms with Crippen molar-refractivity contribution in [1.29, 1.82) is 0 Å². The van der Waals surface area contributed by atoms with Crippen LogP contribution in [0.5, 0.6) is 0 Å². The molecular formula is C16H24FN3O. The Bertz CT molecular complexity index is 520. The molecule has 0 bridgehead atoms. The Hall–Kier alpha value is -1.62. The standard InChI is InChI=1S/C16H24FN3O/c1-10-5-4-8-20(11(10)2)12(3)16(21)19-13-6-7-14(17)15(18)9-13/h6-7,9-12H,4-5,8,18H2,1-3H3,(H,19,21). The van der Waals surface area contributed by atoms with Gasteiger partial charge in [0.15, 0.2) is 0 Å². The zero-order chi connectivity index (χ0) is 15.6. The van der Waals surface area contributed by atoms with Crippen LogP contribution in [-0.4, -0.2) is 29.4 Å². The van der Waals surface area contributed by atoms with Gasteiger partial charge in [-0.1, -0.05) is 6.92 Å². The quantitative estimate of drug-likeness (QED) is 0.843. The van der Waals surface area contributed by atoms with Gasteiger partial charge in [0.2, 0.25) is 5.91 Å². The van der Waals surface area contributed by atoms with Gasteiger partial charge in [-0.05, 0) is 57.4 Å². The van der Waals surface area contributed by atoms with Crippen LogP contribution in [0, 0.1) is 11.7 Å². The molecule has 1 amide bonds. The average molecular weight is 293 g/mol. The van der Waals surface area contributed by atoms with Gasteiger partial charge in [0, 0.05) is 11.7 Å². The summed E-state index contributed by atoms with van der Waals surface area (Å²) in [5, 5.41) is 2.82. The Morgan fingerprint density at radius 3 is 2.86 bits per heavy atom. The fourth-order valence-corrected chi connectivity index (χ4v) is 2.93. The van der Waals surface area contributed by atoms with Gasteiger partial charge in [0.25, 0.3) is 0 Å². The van der Waals surface area contributed by atoms with Gasteiger partial charge in [-0.15, -0.1) is 0 Å². The monoisotopic (exact) mass is 293 g/mol. The van der Waals surface area contributed by atoms with Crippen LogP contribution in [0.3, 0.4) is 0 Å². The molecule has 1 aromatic carbocycles. The second-order valence-corrected chi connectivity index (χ2v) is 6.00. The highest BCUT2D eigenvalue weighted by Gasteiger charge is 2.31. The summed E-state index contributed by atoms with van der Waals surface area (Å²) in [5.41, 5.74) is 6.09. The zero-order valence-electron chi connectivity index (χ0n) is 12.9. The number of halogens is 1. The molecule has 2 rings (SSSR count). The highest BCUT2D eigenvalue weighted by molar-refractivity contribution is 5.94. The summed E-state index contributed by atoms with van der Waals surface area (Å²) in [7, 11) is 0. The van der Waals surface area contributed by atoms with E-state index in [0.29, 0.717) is 17.6 Å². The normalized spacial score (nSPS) is 24.6. The molecule has 3 N–H and O–H groups in total. The molecule has 0 spiro atoms. The number of piperidine rings is 1. The second-order valence-electron chi connectivity index (χ2n) is 6.00. The maximum absolute atomic E-state index is 13.1. The van der Waals surface area contributed by atoms with E-state index < -0.39 is 5.82 Å². The summed E-state index contributed by atoms with van der Waals surface area (Å²) >= 11 is 0. The summed E-state index contributed by atoms with van der Waals surface area (Å²) in [5.74, 6) is 0.0388. The van der Waals surface area contributed by atoms with Gasteiger partial charge in [-0.25, -0.2) is 4.39 Å². The first kappa shape index (κ1) is 15.8. The molecule has 0 aliphatic carbocycles. The molecule has 3 unspecified atom stereocenters. The van der Waals surface area contributed by atoms with E-state index in [9.17, 15) is 9.18 Å². The topological polar surface area (TPSA) is 58.4 Å². The van der Waals surface area contributed by atoms with Crippen LogP contribution in [0.4, 0.5) is 15.8 Å². The third-order valence-corrected chi connectivity index (χ3v) is 4.56. The lowest BCUT2D eigenvalue weighted by atomic mass is 9.91. The number of likely N-dealkylation sites (tertiary alicyclic amines) is 1. The van der Waals surface area contributed by atoms with E-state index in [0.717, 1.165) is 13.0 Å². The minimum atomic E-state index is -0.473. The Labute approximate surface area is 125 Å². The molecule has 1 aromatic rings. The average Bonchev–Trinajstić information content (AvgIpc) is 2.45. The van der Waals surface area contributed by atoms with E-state index in [4.69, 9.17) is 5.73 Å². The van der Waals surface area contributed by atoms with Crippen LogP contribution in [0.1, 0.15) is 33.6 Å². The third-order valence-electron chi connectivity index (χ3n) is 4.56. The molecule has 1 heterocycles. The van der Waals surface area contributed by atoms with Crippen molar-refractivity contribution in [2.24, 2.45) is 5.92 Å². The molecule has 0 aromatic heterocycles. The fraction of sp³-hybridized carbons (Fsp3) is 0.562. The fourth-order valence-electron chi connectivity index (χ4n) is 2.93. The number of rotatable bonds is 3. The summed E-state index contributed by atoms with van der Waals surface area (Å²) in [4.78, 5) is 14.6. The first-order valence-electron chi connectivity index (χ1n) is 7.51. The van der Waals surface area contributed by atoms with Gasteiger partial charge in [-0.2, -0.15) is 0 Å². The number of nitrogens with zero attached hydrogens (tertiary/aromatic N) is 1. The minimum absolute atomic E-state index is 0.0421. The lowest BCUT2D eigenvalue weighted by molar-refractivity contribution is -0.122. The Morgan fingerprint density at radius 2 is 2.19 bits per heavy atom. The maximum Gasteiger partial charge on any atom is 0.241 e. The number of anilines is 2. The number of amides is 1. The predicted octanol–water partition coefficient (Wildman–Crippen LogP) is 2.86. The molecule has 21 heavy (non-hydrogen) atoms. The zero-order valence-corrected chi connectivity index (χ0v) is 12.9. The number of hydrogen-bond donors (Lipinski definition) is 2. The number of hydrogen-bond acceptors (Lipinski definition) is 3. The highest BCUT2D eigenvalue weighted by Crippen LogP contribution is 2.25. The largest absolute Gasteiger partial charge is 0.396 e. The van der Waals surface area contributed by atoms with E-state index in [1.807, 2.05) is 6.92 Å². The van der Waals surface area contributed by atoms with E-state index >= 15 is 0 Å². The summed E-state index contributed by atoms with van der Waals surface area (Å²) in [6.07, 6.45) is 2.33. The smallest absolute Gasteiger partial charge is 0.241 e. The number of carbonyl (C=O) groups is 1. The van der Waals surface area contributed by atoms with Crippen molar-refractivity contribution in [3.05, 3.63) is 24.0 Å². The number of benzene rings is 1. The van der Waals surface area contributed by atoms with Crippen molar-refractivity contribution in [3.63, 3.8) is 0 Å². The summed E-state index contributed by atoms with van der Waals surface area (Å²) in [6, 6.07) is 4.41. The first-order chi connectivity index (χ1) is 9.90. The summed E-state index contributed by atoms with van der Waals surface area (Å²) < 4.78 is 13.1. The van der Waals surface area contributed by atoms with Crippen molar-refractivity contribution in [1.82, 2.24) is 4.90 Å². The molecule has 3 atom stereocenters. The van der Waals surface area contributed by atoms with E-state index in [1.165, 1.54) is 24.6 Å². The van der Waals surface area contributed by atoms with Crippen molar-refractivity contribution in [3.8, 4) is 0 Å². The van der Waals surface area contributed by atoms with Gasteiger partial charge >= 0.3 is 0 Å². The molecule has 4 nitrogen and oxygen atoms in total. The van der Waals surface area contributed by atoms with Crippen molar-refractivity contribution in [2.75, 3.05) is 17.6 Å². The molecule has 5 heteroatoms. The van der Waals surface area contributed by atoms with Gasteiger partial charge in [0.1, 0.15) is 5.82 Å². The molecule has 1 aliphatic heterocycles. The van der Waals surface area contributed by atoms with Crippen LogP contribution < -0.4 is 11.1 Å². The van der Waals surface area contributed by atoms with Crippen molar-refractivity contribution >= 4 is 17.3 Å². The molecule has 1 fully saturated rings. The molecule has 116 valence electrons. The van der Waals surface area contributed by atoms with E-state index in [1.54, 1.807) is 0 Å². The van der Waals surface area contributed by atoms with Crippen molar-refractivity contribution < 1.29 is 9.18 Å². The predicted molar refractivity (Wildman–Crippen MR) is 83.5 cm³/mol. The Morgan fingerprint density at radius 1 is 1.48 bits per heavy atom. The minimum Gasteiger partial charge on any atom is -0.396 e. The molecule has 0 saturated carbocycles. The second kappa shape index (κ2) is 6.43. The third kappa shape index (κ3) is 3.53. The SMILES string of the molecule is CC1CCCN(C(C)C(=O)Nc2ccc(F)c(N)c2)C1C. The Balaban J connectivity index is 2.03. The van der Waals surface area contributed by atoms with E-state index in [2.05, 4.69) is 24.1 Å². The number of nitrogens with two attached hydrogens (primary N) is 1. The highest BCUT2D eigenvalue weighted by atomic mass is 19.1. The van der Waals surface area contributed by atoms with Crippen LogP contribution in [0.15, 0.2) is 18.2 Å². The van der Waals surface area contributed by atoms with Crippen LogP contribution in [-0.2, 0) is 4.79 Å². The molecule has 1 aliphatic rings. The maximum atomic E-state index is 13.1. The van der Waals surface area contributed by atoms with Crippen LogP contribution >= 0.6 is 0 Å². The van der Waals surface area contributed by atoms with Gasteiger partial charge < -0.3 is 11.1 Å².